The topological polar surface area (TPSA) is 29.3 Å². The van der Waals surface area contributed by atoms with E-state index in [1.54, 1.807) is 0 Å². The molecule has 0 amide bonds. The lowest BCUT2D eigenvalue weighted by Gasteiger charge is -2.29. The largest absolute Gasteiger partial charge is 1.00 e. The summed E-state index contributed by atoms with van der Waals surface area (Å²) in [6.07, 6.45) is 4.25. The highest BCUT2D eigenvalue weighted by molar-refractivity contribution is 5.85. The number of rotatable bonds is 6. The first-order chi connectivity index (χ1) is 10.4. The molecule has 0 spiro atoms. The fourth-order valence-corrected chi connectivity index (χ4v) is 3.13. The second kappa shape index (κ2) is 8.81. The number of fused-ring (bicyclic) bond motifs is 1. The lowest BCUT2D eigenvalue weighted by Crippen LogP contribution is -3.00. The Hall–Kier alpha value is -0.910. The zero-order chi connectivity index (χ0) is 16.2. The number of unbranched alkanes of at least 4 members (excludes halogenated alkanes) is 2. The highest BCUT2D eigenvalue weighted by atomic mass is 127. The van der Waals surface area contributed by atoms with Gasteiger partial charge in [0.1, 0.15) is 6.54 Å². The second-order valence-corrected chi connectivity index (χ2v) is 6.83. The number of ether oxygens (including phenoxy) is 1. The average molecular weight is 429 g/mol. The van der Waals surface area contributed by atoms with E-state index < -0.39 is 0 Å². The third-order valence-corrected chi connectivity index (χ3v) is 4.63. The predicted molar refractivity (Wildman–Crippen MR) is 89.9 cm³/mol. The van der Waals surface area contributed by atoms with Crippen LogP contribution >= 0.6 is 0 Å². The van der Waals surface area contributed by atoms with Crippen molar-refractivity contribution in [1.29, 1.82) is 0 Å². The van der Waals surface area contributed by atoms with Gasteiger partial charge in [-0.15, -0.1) is 0 Å². The Kier molecular flexibility index (Phi) is 7.71. The van der Waals surface area contributed by atoms with Gasteiger partial charge in [0, 0.05) is 37.3 Å². The zero-order valence-electron chi connectivity index (χ0n) is 14.7. The summed E-state index contributed by atoms with van der Waals surface area (Å²) >= 11 is 0. The van der Waals surface area contributed by atoms with Gasteiger partial charge in [0.05, 0.1) is 6.61 Å². The summed E-state index contributed by atoms with van der Waals surface area (Å²) in [5.74, 6) is -0.184. The molecule has 0 fully saturated rings. The minimum atomic E-state index is -0.184. The Bertz CT molecular complexity index is 578. The highest BCUT2D eigenvalue weighted by Gasteiger charge is 2.36. The number of para-hydroxylation sites is 1. The number of hydrogen-bond donors (Lipinski definition) is 0. The van der Waals surface area contributed by atoms with E-state index in [-0.39, 0.29) is 35.4 Å². The minimum absolute atomic E-state index is 0. The molecule has 0 atom stereocenters. The van der Waals surface area contributed by atoms with E-state index in [2.05, 4.69) is 49.6 Å². The first-order valence-corrected chi connectivity index (χ1v) is 8.24. The molecule has 1 aliphatic rings. The summed E-state index contributed by atoms with van der Waals surface area (Å²) in [4.78, 5) is 10.7. The summed E-state index contributed by atoms with van der Waals surface area (Å²) in [7, 11) is 0. The molecule has 3 nitrogen and oxygen atoms in total. The van der Waals surface area contributed by atoms with Gasteiger partial charge in [0.25, 0.3) is 0 Å². The van der Waals surface area contributed by atoms with E-state index in [9.17, 15) is 4.79 Å². The molecule has 2 rings (SSSR count). The molecule has 128 valence electrons. The first-order valence-electron chi connectivity index (χ1n) is 8.24. The van der Waals surface area contributed by atoms with E-state index in [0.29, 0.717) is 6.61 Å². The summed E-state index contributed by atoms with van der Waals surface area (Å²) in [6.45, 7) is 9.95. The maximum Gasteiger partial charge on any atom is 0.302 e. The van der Waals surface area contributed by atoms with Crippen molar-refractivity contribution in [2.75, 3.05) is 13.2 Å². The van der Waals surface area contributed by atoms with Crippen molar-refractivity contribution < 1.29 is 38.1 Å². The molecule has 1 aromatic rings. The van der Waals surface area contributed by atoms with Crippen LogP contribution in [-0.2, 0) is 16.0 Å². The van der Waals surface area contributed by atoms with Gasteiger partial charge >= 0.3 is 5.97 Å². The average Bonchev–Trinajstić information content (AvgIpc) is 2.45. The molecule has 0 aromatic heterocycles. The Labute approximate surface area is 157 Å². The van der Waals surface area contributed by atoms with Crippen LogP contribution in [0.25, 0.3) is 0 Å². The van der Waals surface area contributed by atoms with Crippen LogP contribution in [-0.4, -0.2) is 29.4 Å². The molecule has 1 aromatic carbocycles. The number of carbonyl (C=O) groups is 1. The van der Waals surface area contributed by atoms with Crippen LogP contribution in [0.1, 0.15) is 52.5 Å². The van der Waals surface area contributed by atoms with E-state index >= 15 is 0 Å². The molecule has 0 radical (unpaired) electrons. The molecule has 0 unspecified atom stereocenters. The molecule has 0 aliphatic carbocycles. The Morgan fingerprint density at radius 2 is 1.91 bits per heavy atom. The van der Waals surface area contributed by atoms with Crippen LogP contribution in [0, 0.1) is 5.41 Å². The third-order valence-electron chi connectivity index (χ3n) is 4.63. The normalized spacial score (nSPS) is 15.7. The number of hydrogen-bond acceptors (Lipinski definition) is 2. The van der Waals surface area contributed by atoms with E-state index in [1.807, 2.05) is 0 Å². The van der Waals surface area contributed by atoms with Crippen molar-refractivity contribution in [2.24, 2.45) is 5.41 Å². The van der Waals surface area contributed by atoms with Crippen LogP contribution in [0.2, 0.25) is 0 Å². The number of nitrogens with zero attached hydrogens (tertiary/aromatic N) is 1. The number of esters is 1. The zero-order valence-corrected chi connectivity index (χ0v) is 16.9. The lowest BCUT2D eigenvalue weighted by atomic mass is 9.78. The van der Waals surface area contributed by atoms with Crippen molar-refractivity contribution in [3.05, 3.63) is 29.8 Å². The molecule has 0 saturated carbocycles. The van der Waals surface area contributed by atoms with E-state index in [0.717, 1.165) is 32.2 Å². The maximum absolute atomic E-state index is 10.7. The summed E-state index contributed by atoms with van der Waals surface area (Å²) in [5, 5.41) is 0. The monoisotopic (exact) mass is 429 g/mol. The summed E-state index contributed by atoms with van der Waals surface area (Å²) in [6, 6.07) is 8.73. The van der Waals surface area contributed by atoms with Crippen molar-refractivity contribution in [3.63, 3.8) is 0 Å². The predicted octanol–water partition coefficient (Wildman–Crippen LogP) is 1.11. The molecule has 0 bridgehead atoms. The lowest BCUT2D eigenvalue weighted by molar-refractivity contribution is -0.449. The van der Waals surface area contributed by atoms with Crippen LogP contribution in [0.4, 0.5) is 5.69 Å². The molecule has 4 heteroatoms. The maximum atomic E-state index is 10.7. The van der Waals surface area contributed by atoms with Crippen LogP contribution in [0.3, 0.4) is 0 Å². The van der Waals surface area contributed by atoms with E-state index in [1.165, 1.54) is 23.9 Å². The molecule has 23 heavy (non-hydrogen) atoms. The van der Waals surface area contributed by atoms with Crippen molar-refractivity contribution >= 4 is 17.4 Å². The number of benzene rings is 1. The van der Waals surface area contributed by atoms with Gasteiger partial charge < -0.3 is 28.7 Å². The van der Waals surface area contributed by atoms with Crippen LogP contribution < -0.4 is 24.0 Å². The van der Waals surface area contributed by atoms with Gasteiger partial charge in [-0.2, -0.15) is 4.58 Å². The van der Waals surface area contributed by atoms with Gasteiger partial charge in [-0.05, 0) is 33.1 Å². The van der Waals surface area contributed by atoms with Crippen molar-refractivity contribution in [2.45, 2.75) is 53.4 Å². The third kappa shape index (κ3) is 5.30. The molecule has 0 N–H and O–H groups in total. The molecule has 1 heterocycles. The van der Waals surface area contributed by atoms with Gasteiger partial charge in [-0.1, -0.05) is 18.2 Å². The quantitative estimate of drug-likeness (QED) is 0.294. The SMILES string of the molecule is CC(=O)OCCCCC[N+]1=C(C)C(C)(C)Cc2ccccc21.[I-]. The van der Waals surface area contributed by atoms with Gasteiger partial charge in [0.2, 0.25) is 5.69 Å². The van der Waals surface area contributed by atoms with Crippen molar-refractivity contribution in [1.82, 2.24) is 0 Å². The van der Waals surface area contributed by atoms with Gasteiger partial charge in [-0.25, -0.2) is 0 Å². The first kappa shape index (κ1) is 20.1. The molecule has 0 saturated heterocycles. The Balaban J connectivity index is 0.00000264. The Morgan fingerprint density at radius 1 is 1.22 bits per heavy atom. The highest BCUT2D eigenvalue weighted by Crippen LogP contribution is 2.35. The smallest absolute Gasteiger partial charge is 0.302 e. The van der Waals surface area contributed by atoms with E-state index in [4.69, 9.17) is 4.74 Å². The Morgan fingerprint density at radius 3 is 2.61 bits per heavy atom. The molecule has 1 aliphatic heterocycles. The summed E-state index contributed by atoms with van der Waals surface area (Å²) < 4.78 is 7.46. The van der Waals surface area contributed by atoms with Gasteiger partial charge in [0.15, 0.2) is 5.71 Å². The van der Waals surface area contributed by atoms with Crippen molar-refractivity contribution in [3.8, 4) is 0 Å². The second-order valence-electron chi connectivity index (χ2n) is 6.83. The molecular formula is C19H28INO2. The fourth-order valence-electron chi connectivity index (χ4n) is 3.13. The number of halogens is 1. The van der Waals surface area contributed by atoms with Crippen LogP contribution in [0.5, 0.6) is 0 Å². The fraction of sp³-hybridized carbons (Fsp3) is 0.579. The summed E-state index contributed by atoms with van der Waals surface area (Å²) in [5.41, 5.74) is 4.47. The number of carbonyl (C=O) groups excluding carboxylic acids is 1. The van der Waals surface area contributed by atoms with Crippen LogP contribution in [0.15, 0.2) is 24.3 Å². The minimum Gasteiger partial charge on any atom is -1.00 e. The standard InChI is InChI=1S/C19H28NO2.HI/c1-15-19(3,4)14-17-10-6-7-11-18(17)20(15)12-8-5-9-13-22-16(2)21;/h6-7,10-11H,5,8-9,12-14H2,1-4H3;1H/q+1;/p-1. The molecular weight excluding hydrogens is 401 g/mol. The van der Waals surface area contributed by atoms with Gasteiger partial charge in [-0.3, -0.25) is 4.79 Å².